The summed E-state index contributed by atoms with van der Waals surface area (Å²) in [6.07, 6.45) is 9.52. The number of nitrogens with zero attached hydrogens (tertiary/aromatic N) is 2. The van der Waals surface area contributed by atoms with Crippen LogP contribution in [0.2, 0.25) is 13.1 Å². The van der Waals surface area contributed by atoms with Crippen molar-refractivity contribution in [3.8, 4) is 0 Å². The van der Waals surface area contributed by atoms with Gasteiger partial charge in [-0.05, 0) is 82.3 Å². The molecule has 1 N–H and O–H groups in total. The molecule has 2 saturated heterocycles. The molecule has 2 aromatic carbocycles. The number of carbonyl (C=O) groups excluding carboxylic acids is 1. The molecule has 0 radical (unpaired) electrons. The molecular formula is C40H48ClF2N2O5Si+. The van der Waals surface area contributed by atoms with Crippen LogP contribution in [-0.2, 0) is 9.47 Å². The van der Waals surface area contributed by atoms with Gasteiger partial charge in [0.15, 0.2) is 24.6 Å². The Balaban J connectivity index is 1.25. The Bertz CT molecular complexity index is 1770. The highest BCUT2D eigenvalue weighted by atomic mass is 35.5. The van der Waals surface area contributed by atoms with E-state index in [1.807, 2.05) is 33.8 Å². The number of Topliss-reactive ketones (excluding diaryl/α,β-unsaturated/α-hetero) is 1. The quantitative estimate of drug-likeness (QED) is 0.0626. The first kappa shape index (κ1) is 37.3. The van der Waals surface area contributed by atoms with Crippen molar-refractivity contribution in [3.05, 3.63) is 87.6 Å². The number of hydrogen-bond acceptors (Lipinski definition) is 5. The van der Waals surface area contributed by atoms with Crippen LogP contribution in [-0.4, -0.2) is 106 Å². The van der Waals surface area contributed by atoms with Gasteiger partial charge in [-0.15, -0.1) is 11.6 Å². The van der Waals surface area contributed by atoms with Crippen LogP contribution in [0.1, 0.15) is 70.4 Å². The highest BCUT2D eigenvalue weighted by molar-refractivity contribution is 6.98. The number of benzene rings is 2. The van der Waals surface area contributed by atoms with E-state index in [1.165, 1.54) is 6.07 Å². The summed E-state index contributed by atoms with van der Waals surface area (Å²) in [6.45, 7) is 8.03. The van der Waals surface area contributed by atoms with E-state index in [4.69, 9.17) is 21.1 Å². The molecule has 0 amide bonds. The first-order chi connectivity index (χ1) is 24.6. The van der Waals surface area contributed by atoms with E-state index >= 15 is 0 Å². The number of carbonyl (C=O) groups is 2. The molecule has 3 heterocycles. The van der Waals surface area contributed by atoms with Crippen LogP contribution in [0, 0.1) is 0 Å². The van der Waals surface area contributed by atoms with Crippen molar-refractivity contribution in [2.75, 3.05) is 63.4 Å². The Kier molecular flexibility index (Phi) is 12.1. The van der Waals surface area contributed by atoms with Crippen molar-refractivity contribution < 1.29 is 37.5 Å². The van der Waals surface area contributed by atoms with Crippen LogP contribution in [0.15, 0.2) is 65.4 Å². The Hall–Kier alpha value is -3.44. The Morgan fingerprint density at radius 3 is 2.31 bits per heavy atom. The van der Waals surface area contributed by atoms with Gasteiger partial charge in [-0.1, -0.05) is 38.1 Å². The second kappa shape index (κ2) is 16.5. The number of anilines is 1. The molecule has 0 atom stereocenters. The van der Waals surface area contributed by atoms with Crippen LogP contribution in [0.5, 0.6) is 0 Å². The van der Waals surface area contributed by atoms with Gasteiger partial charge in [-0.2, -0.15) is 0 Å². The Morgan fingerprint density at radius 1 is 0.902 bits per heavy atom. The van der Waals surface area contributed by atoms with Crippen molar-refractivity contribution in [1.82, 2.24) is 0 Å². The van der Waals surface area contributed by atoms with E-state index in [0.717, 1.165) is 64.2 Å². The number of aromatic carboxylic acids is 1. The molecule has 4 aliphatic rings. The number of ketones is 1. The molecule has 51 heavy (non-hydrogen) atoms. The molecule has 11 heteroatoms. The summed E-state index contributed by atoms with van der Waals surface area (Å²) >= 11 is 5.71. The standard InChI is InChI=1S/C40H47ClF2N2O5Si/c1-51(2)37-21-30(44-23-28(42)24-44)10-13-33(37)39(34-14-11-31(22-38(34)51)45-25-29(43)26-45)35-20-27(9-12-32(35)40(47)48)36(46)8-7-17-50-19-18-49-16-6-4-3-5-15-41/h9-14,20-22,28-29H,3-8,15-19,23-26H2,1-2H3/p+1. The number of unbranched alkanes of at least 4 members (excludes halogenated alkanes) is 3. The third-order valence-electron chi connectivity index (χ3n) is 10.4. The number of allylic oxidation sites excluding steroid dienone is 5. The molecule has 0 saturated carbocycles. The summed E-state index contributed by atoms with van der Waals surface area (Å²) in [4.78, 5) is 28.2. The lowest BCUT2D eigenvalue weighted by Gasteiger charge is -2.41. The maximum Gasteiger partial charge on any atom is 0.336 e. The van der Waals surface area contributed by atoms with Gasteiger partial charge < -0.3 is 19.5 Å². The van der Waals surface area contributed by atoms with Crippen molar-refractivity contribution >= 4 is 53.6 Å². The zero-order valence-corrected chi connectivity index (χ0v) is 31.3. The number of hydrogen-bond donors (Lipinski definition) is 1. The molecule has 0 unspecified atom stereocenters. The van der Waals surface area contributed by atoms with Gasteiger partial charge >= 0.3 is 5.97 Å². The van der Waals surface area contributed by atoms with Crippen LogP contribution < -0.4 is 10.1 Å². The average molecular weight is 738 g/mol. The van der Waals surface area contributed by atoms with E-state index in [0.29, 0.717) is 76.0 Å². The Labute approximate surface area is 305 Å². The lowest BCUT2D eigenvalue weighted by Crippen LogP contribution is -2.52. The van der Waals surface area contributed by atoms with Gasteiger partial charge in [0.1, 0.15) is 14.2 Å². The molecule has 0 aromatic heterocycles. The van der Waals surface area contributed by atoms with Crippen LogP contribution in [0.4, 0.5) is 14.5 Å². The summed E-state index contributed by atoms with van der Waals surface area (Å²) < 4.78 is 41.1. The molecule has 2 aromatic rings. The maximum absolute atomic E-state index is 13.9. The number of carboxylic acids is 1. The predicted octanol–water partition coefficient (Wildman–Crippen LogP) is 6.91. The third kappa shape index (κ3) is 8.30. The number of fused-ring (bicyclic) bond motifs is 2. The molecule has 0 bridgehead atoms. The second-order valence-corrected chi connectivity index (χ2v) is 19.1. The SMILES string of the molecule is C[Si]1(C)C2=CC(=[N+]3CC(F)C3)C=CC2=C(c2cc(C(=O)CCCOCCOCCCCCCCl)ccc2C(=O)O)c2ccc(N3CC(F)C3)cc21. The minimum Gasteiger partial charge on any atom is -0.478 e. The largest absolute Gasteiger partial charge is 0.478 e. The van der Waals surface area contributed by atoms with E-state index in [2.05, 4.69) is 25.2 Å². The summed E-state index contributed by atoms with van der Waals surface area (Å²) in [6, 6.07) is 11.0. The number of carboxylic acid groups (broad SMARTS) is 1. The summed E-state index contributed by atoms with van der Waals surface area (Å²) in [7, 11) is -2.40. The van der Waals surface area contributed by atoms with Gasteiger partial charge in [0.2, 0.25) is 6.17 Å². The lowest BCUT2D eigenvalue weighted by molar-refractivity contribution is -0.599. The lowest BCUT2D eigenvalue weighted by atomic mass is 9.85. The molecular weight excluding hydrogens is 690 g/mol. The van der Waals surface area contributed by atoms with E-state index in [1.54, 1.807) is 12.1 Å². The molecule has 7 nitrogen and oxygen atoms in total. The summed E-state index contributed by atoms with van der Waals surface area (Å²) in [5.74, 6) is -0.465. The van der Waals surface area contributed by atoms with Crippen molar-refractivity contribution in [2.24, 2.45) is 0 Å². The molecule has 272 valence electrons. The molecule has 1 aliphatic carbocycles. The van der Waals surface area contributed by atoms with Gasteiger partial charge in [0.25, 0.3) is 0 Å². The Morgan fingerprint density at radius 2 is 1.63 bits per heavy atom. The molecule has 6 rings (SSSR count). The zero-order chi connectivity index (χ0) is 36.1. The van der Waals surface area contributed by atoms with Crippen LogP contribution >= 0.6 is 11.6 Å². The minimum absolute atomic E-state index is 0.0839. The van der Waals surface area contributed by atoms with E-state index in [9.17, 15) is 23.5 Å². The topological polar surface area (TPSA) is 79.1 Å². The first-order valence-corrected chi connectivity index (χ1v) is 21.7. The number of rotatable bonds is 17. The predicted molar refractivity (Wildman–Crippen MR) is 202 cm³/mol. The number of alkyl halides is 3. The summed E-state index contributed by atoms with van der Waals surface area (Å²) in [5, 5.41) is 12.6. The smallest absolute Gasteiger partial charge is 0.336 e. The van der Waals surface area contributed by atoms with Crippen LogP contribution in [0.3, 0.4) is 0 Å². The second-order valence-electron chi connectivity index (χ2n) is 14.4. The average Bonchev–Trinajstić information content (AvgIpc) is 3.09. The zero-order valence-electron chi connectivity index (χ0n) is 29.6. The molecule has 3 aliphatic heterocycles. The normalized spacial score (nSPS) is 19.4. The fourth-order valence-corrected chi connectivity index (χ4v) is 10.6. The van der Waals surface area contributed by atoms with Gasteiger partial charge in [-0.25, -0.2) is 18.2 Å². The fraction of sp³-hybridized carbons (Fsp3) is 0.475. The molecule has 2 fully saturated rings. The molecule has 0 spiro atoms. The van der Waals surface area contributed by atoms with E-state index in [-0.39, 0.29) is 17.8 Å². The number of ether oxygens (including phenoxy) is 2. The van der Waals surface area contributed by atoms with Crippen molar-refractivity contribution in [2.45, 2.75) is 64.0 Å². The van der Waals surface area contributed by atoms with Crippen LogP contribution in [0.25, 0.3) is 5.57 Å². The first-order valence-electron chi connectivity index (χ1n) is 18.2. The maximum atomic E-state index is 13.9. The highest BCUT2D eigenvalue weighted by Crippen LogP contribution is 2.43. The van der Waals surface area contributed by atoms with Crippen molar-refractivity contribution in [3.63, 3.8) is 0 Å². The fourth-order valence-electron chi connectivity index (χ4n) is 7.34. The van der Waals surface area contributed by atoms with E-state index < -0.39 is 26.4 Å². The van der Waals surface area contributed by atoms with Crippen molar-refractivity contribution in [1.29, 1.82) is 0 Å². The summed E-state index contributed by atoms with van der Waals surface area (Å²) in [5.41, 5.74) is 5.55. The monoisotopic (exact) mass is 737 g/mol. The third-order valence-corrected chi connectivity index (χ3v) is 14.2. The van der Waals surface area contributed by atoms with Gasteiger partial charge in [0.05, 0.1) is 31.9 Å². The number of halogens is 3. The van der Waals surface area contributed by atoms with Gasteiger partial charge in [0, 0.05) is 48.9 Å². The highest BCUT2D eigenvalue weighted by Gasteiger charge is 2.43. The van der Waals surface area contributed by atoms with Gasteiger partial charge in [-0.3, -0.25) is 4.79 Å². The minimum atomic E-state index is -2.40.